The van der Waals surface area contributed by atoms with Crippen molar-refractivity contribution in [3.63, 3.8) is 0 Å². The van der Waals surface area contributed by atoms with Crippen molar-refractivity contribution >= 4 is 37.0 Å². The maximum Gasteiger partial charge on any atom is 0.243 e. The van der Waals surface area contributed by atoms with Gasteiger partial charge in [0.2, 0.25) is 6.71 Å². The first-order valence-corrected chi connectivity index (χ1v) is 15.8. The van der Waals surface area contributed by atoms with Gasteiger partial charge in [-0.05, 0) is 65.2 Å². The van der Waals surface area contributed by atoms with E-state index in [1.165, 1.54) is 46.3 Å². The Kier molecular flexibility index (Phi) is 4.28. The van der Waals surface area contributed by atoms with Crippen LogP contribution in [0.25, 0.3) is 17.4 Å². The van der Waals surface area contributed by atoms with Crippen molar-refractivity contribution in [2.45, 2.75) is 85.7 Å². The minimum Gasteiger partial charge on any atom is -0.457 e. The minimum absolute atomic E-state index is 0.122. The molecule has 0 amide bonds. The summed E-state index contributed by atoms with van der Waals surface area (Å²) in [6, 6.07) is 5.07. The maximum atomic E-state index is 6.83. The van der Waals surface area contributed by atoms with Gasteiger partial charge in [0, 0.05) is 5.56 Å². The Balaban J connectivity index is 1.68. The zero-order valence-corrected chi connectivity index (χ0v) is 22.7. The summed E-state index contributed by atoms with van der Waals surface area (Å²) in [6.07, 6.45) is 11.9. The zero-order chi connectivity index (χ0) is 23.5. The van der Waals surface area contributed by atoms with Crippen LogP contribution in [-0.2, 0) is 11.8 Å². The minimum atomic E-state index is -1.76. The van der Waals surface area contributed by atoms with Gasteiger partial charge in [-0.15, -0.1) is 0 Å². The van der Waals surface area contributed by atoms with Crippen molar-refractivity contribution in [2.75, 3.05) is 0 Å². The number of allylic oxidation sites excluding steroid dienone is 5. The third-order valence-electron chi connectivity index (χ3n) is 8.77. The highest BCUT2D eigenvalue weighted by molar-refractivity contribution is 7.09. The van der Waals surface area contributed by atoms with Crippen LogP contribution in [-0.4, -0.2) is 14.8 Å². The lowest BCUT2D eigenvalue weighted by atomic mass is 9.36. The fourth-order valence-corrected chi connectivity index (χ4v) is 10.2. The molecule has 4 aliphatic rings. The lowest BCUT2D eigenvalue weighted by Gasteiger charge is -2.40. The monoisotopic (exact) mass is 452 g/mol. The number of hydrogen-bond donors (Lipinski definition) is 0. The van der Waals surface area contributed by atoms with Crippen LogP contribution in [0.4, 0.5) is 0 Å². The van der Waals surface area contributed by atoms with Gasteiger partial charge in [-0.25, -0.2) is 0 Å². The van der Waals surface area contributed by atoms with E-state index in [-0.39, 0.29) is 10.8 Å². The molecule has 0 fully saturated rings. The second-order valence-corrected chi connectivity index (χ2v) is 17.6. The molecule has 0 saturated heterocycles. The van der Waals surface area contributed by atoms with Crippen molar-refractivity contribution in [3.05, 3.63) is 57.4 Å². The Morgan fingerprint density at radius 3 is 2.36 bits per heavy atom. The van der Waals surface area contributed by atoms with Crippen LogP contribution in [0.1, 0.15) is 77.7 Å². The molecule has 1 aromatic heterocycles. The predicted molar refractivity (Wildman–Crippen MR) is 146 cm³/mol. The molecule has 33 heavy (non-hydrogen) atoms. The third-order valence-corrected chi connectivity index (χ3v) is 12.4. The highest BCUT2D eigenvalue weighted by Crippen LogP contribution is 2.43. The summed E-state index contributed by atoms with van der Waals surface area (Å²) in [5.41, 5.74) is 11.0. The zero-order valence-electron chi connectivity index (χ0n) is 21.7. The topological polar surface area (TPSA) is 13.1 Å². The first kappa shape index (κ1) is 21.5. The number of rotatable bonds is 0. The molecule has 2 aliphatic heterocycles. The third kappa shape index (κ3) is 2.90. The molecule has 1 aromatic carbocycles. The average molecular weight is 453 g/mol. The number of fused-ring (bicyclic) bond motifs is 6. The molecule has 0 N–H and O–H groups in total. The van der Waals surface area contributed by atoms with Crippen LogP contribution < -0.4 is 16.1 Å². The second kappa shape index (κ2) is 6.56. The maximum absolute atomic E-state index is 6.83. The van der Waals surface area contributed by atoms with Crippen LogP contribution in [0.2, 0.25) is 13.1 Å². The molecular weight excluding hydrogens is 415 g/mol. The molecule has 0 unspecified atom stereocenters. The summed E-state index contributed by atoms with van der Waals surface area (Å²) >= 11 is 0. The standard InChI is InChI=1S/C30H37BOSi/c1-29(2,3)18-13-14-20-23(16-18)32-28-21-15-19(30(4,5)6)17-25-26(21)31(27(20)28)22-11-9-10-12-24(22)33(25,7)8/h10,12,15-17H,9,11,13-14H2,1-8H3. The second-order valence-electron chi connectivity index (χ2n) is 13.3. The van der Waals surface area contributed by atoms with E-state index in [0.29, 0.717) is 6.71 Å². The Bertz CT molecular complexity index is 1300. The van der Waals surface area contributed by atoms with Crippen molar-refractivity contribution in [2.24, 2.45) is 5.41 Å². The smallest absolute Gasteiger partial charge is 0.243 e. The first-order valence-electron chi connectivity index (χ1n) is 12.8. The van der Waals surface area contributed by atoms with Crippen molar-refractivity contribution in [1.82, 2.24) is 0 Å². The van der Waals surface area contributed by atoms with Crippen LogP contribution in [0.5, 0.6) is 0 Å². The quantitative estimate of drug-likeness (QED) is 0.434. The van der Waals surface area contributed by atoms with E-state index in [2.05, 4.69) is 85.0 Å². The summed E-state index contributed by atoms with van der Waals surface area (Å²) in [5.74, 6) is 2.33. The van der Waals surface area contributed by atoms with E-state index in [0.717, 1.165) is 18.6 Å². The van der Waals surface area contributed by atoms with E-state index < -0.39 is 8.07 Å². The van der Waals surface area contributed by atoms with E-state index in [4.69, 9.17) is 4.42 Å². The fraction of sp³-hybridized carbons (Fsp3) is 0.467. The summed E-state index contributed by atoms with van der Waals surface area (Å²) in [7, 11) is -1.76. The van der Waals surface area contributed by atoms with Gasteiger partial charge in [-0.1, -0.05) is 99.7 Å². The lowest BCUT2D eigenvalue weighted by molar-refractivity contribution is 0.477. The van der Waals surface area contributed by atoms with Crippen molar-refractivity contribution < 1.29 is 4.42 Å². The Morgan fingerprint density at radius 1 is 0.909 bits per heavy atom. The van der Waals surface area contributed by atoms with Gasteiger partial charge in [0.1, 0.15) is 19.6 Å². The van der Waals surface area contributed by atoms with Crippen LogP contribution in [0.3, 0.4) is 0 Å². The molecule has 2 aliphatic carbocycles. The first-order chi connectivity index (χ1) is 15.4. The molecule has 0 atom stereocenters. The molecule has 0 bridgehead atoms. The van der Waals surface area contributed by atoms with Gasteiger partial charge in [0.05, 0.1) is 0 Å². The highest BCUT2D eigenvalue weighted by Gasteiger charge is 2.50. The molecule has 0 radical (unpaired) electrons. The molecule has 170 valence electrons. The summed E-state index contributed by atoms with van der Waals surface area (Å²) < 4.78 is 6.83. The van der Waals surface area contributed by atoms with Gasteiger partial charge in [-0.3, -0.25) is 0 Å². The van der Waals surface area contributed by atoms with Crippen LogP contribution in [0, 0.1) is 5.41 Å². The van der Waals surface area contributed by atoms with E-state index in [9.17, 15) is 0 Å². The summed E-state index contributed by atoms with van der Waals surface area (Å²) in [6.45, 7) is 19.6. The van der Waals surface area contributed by atoms with E-state index in [1.807, 2.05) is 0 Å². The Morgan fingerprint density at radius 2 is 1.67 bits per heavy atom. The van der Waals surface area contributed by atoms with Gasteiger partial charge in [-0.2, -0.15) is 0 Å². The SMILES string of the molecule is CC(C)(C)C1=Cc2oc3c(c2CC1)B1C2=C(C=CCC2)[Si](C)(C)c2cc(C(C)(C)C)cc-3c21. The normalized spacial score (nSPS) is 20.4. The number of furan rings is 1. The van der Waals surface area contributed by atoms with Gasteiger partial charge >= 0.3 is 0 Å². The van der Waals surface area contributed by atoms with Crippen molar-refractivity contribution in [3.8, 4) is 11.3 Å². The van der Waals surface area contributed by atoms with E-state index >= 15 is 0 Å². The largest absolute Gasteiger partial charge is 0.457 e. The highest BCUT2D eigenvalue weighted by atomic mass is 28.3. The van der Waals surface area contributed by atoms with Crippen LogP contribution >= 0.6 is 0 Å². The molecular formula is C30H37BOSi. The summed E-state index contributed by atoms with van der Waals surface area (Å²) in [5, 5.41) is 3.34. The van der Waals surface area contributed by atoms with Crippen LogP contribution in [0.15, 0.2) is 44.9 Å². The van der Waals surface area contributed by atoms with Gasteiger partial charge in [0.25, 0.3) is 0 Å². The average Bonchev–Trinajstić information content (AvgIpc) is 3.25. The molecule has 3 heteroatoms. The lowest BCUT2D eigenvalue weighted by Crippen LogP contribution is -2.63. The summed E-state index contributed by atoms with van der Waals surface area (Å²) in [4.78, 5) is 0. The number of hydrogen-bond acceptors (Lipinski definition) is 1. The Hall–Kier alpha value is -2.00. The fourth-order valence-electron chi connectivity index (χ4n) is 6.79. The van der Waals surface area contributed by atoms with Crippen molar-refractivity contribution in [1.29, 1.82) is 0 Å². The molecule has 1 nitrogen and oxygen atoms in total. The predicted octanol–water partition coefficient (Wildman–Crippen LogP) is 6.20. The number of benzene rings is 1. The molecule has 0 saturated carbocycles. The van der Waals surface area contributed by atoms with Gasteiger partial charge < -0.3 is 4.42 Å². The molecule has 0 spiro atoms. The molecule has 3 heterocycles. The van der Waals surface area contributed by atoms with Gasteiger partial charge in [0.15, 0.2) is 0 Å². The molecule has 2 aromatic rings. The van der Waals surface area contributed by atoms with E-state index in [1.54, 1.807) is 21.3 Å². The Labute approximate surface area is 201 Å². The molecule has 6 rings (SSSR count).